The van der Waals surface area contributed by atoms with Crippen LogP contribution in [0, 0.1) is 0 Å². The van der Waals surface area contributed by atoms with Crippen molar-refractivity contribution in [2.24, 2.45) is 0 Å². The second-order valence-electron chi connectivity index (χ2n) is 5.09. The van der Waals surface area contributed by atoms with Gasteiger partial charge in [-0.3, -0.25) is 4.79 Å². The number of hydrogen-bond donors (Lipinski definition) is 1. The van der Waals surface area contributed by atoms with Gasteiger partial charge in [0.15, 0.2) is 0 Å². The van der Waals surface area contributed by atoms with Crippen molar-refractivity contribution in [1.82, 2.24) is 9.88 Å². The fourth-order valence-corrected chi connectivity index (χ4v) is 2.96. The molecule has 20 heavy (non-hydrogen) atoms. The van der Waals surface area contributed by atoms with Gasteiger partial charge in [0.25, 0.3) is 5.91 Å². The normalized spacial score (nSPS) is 16.7. The molecule has 1 N–H and O–H groups in total. The van der Waals surface area contributed by atoms with E-state index < -0.39 is 0 Å². The molecule has 0 spiro atoms. The van der Waals surface area contributed by atoms with Gasteiger partial charge < -0.3 is 9.88 Å². The molecule has 2 aliphatic rings. The third kappa shape index (κ3) is 1.56. The van der Waals surface area contributed by atoms with Gasteiger partial charge in [-0.05, 0) is 30.0 Å². The minimum Gasteiger partial charge on any atom is -0.326 e. The second kappa shape index (κ2) is 4.23. The Hall–Kier alpha value is -2.55. The van der Waals surface area contributed by atoms with Crippen LogP contribution in [-0.2, 0) is 11.2 Å². The van der Waals surface area contributed by atoms with Crippen LogP contribution in [0.2, 0.25) is 0 Å². The first-order valence-electron chi connectivity index (χ1n) is 6.82. The molecule has 0 atom stereocenters. The summed E-state index contributed by atoms with van der Waals surface area (Å²) < 4.78 is 2.12. The van der Waals surface area contributed by atoms with Crippen LogP contribution in [0.4, 0.5) is 0 Å². The largest absolute Gasteiger partial charge is 0.326 e. The molecular weight excluding hydrogens is 248 g/mol. The molecule has 1 aliphatic heterocycles. The summed E-state index contributed by atoms with van der Waals surface area (Å²) in [5, 5.41) is 2.90. The number of rotatable bonds is 1. The number of nitrogens with zero attached hydrogens (tertiary/aromatic N) is 1. The lowest BCUT2D eigenvalue weighted by Gasteiger charge is -2.15. The van der Waals surface area contributed by atoms with Gasteiger partial charge in [0.1, 0.15) is 0 Å². The van der Waals surface area contributed by atoms with Gasteiger partial charge in [-0.15, -0.1) is 0 Å². The van der Waals surface area contributed by atoms with E-state index in [0.717, 1.165) is 35.4 Å². The van der Waals surface area contributed by atoms with Crippen molar-refractivity contribution in [3.63, 3.8) is 0 Å². The number of benzene rings is 1. The van der Waals surface area contributed by atoms with Crippen molar-refractivity contribution in [2.45, 2.75) is 12.8 Å². The lowest BCUT2D eigenvalue weighted by Crippen LogP contribution is -2.19. The molecule has 1 aromatic carbocycles. The Morgan fingerprint density at radius 2 is 1.95 bits per heavy atom. The molecule has 2 aromatic rings. The molecule has 0 unspecified atom stereocenters. The van der Waals surface area contributed by atoms with E-state index in [-0.39, 0.29) is 5.91 Å². The number of nitrogens with one attached hydrogen (secondary N) is 1. The highest BCUT2D eigenvalue weighted by atomic mass is 16.1. The quantitative estimate of drug-likeness (QED) is 0.842. The van der Waals surface area contributed by atoms with Crippen LogP contribution in [-0.4, -0.2) is 10.5 Å². The number of aryl methyl sites for hydroxylation is 1. The standard InChI is InChI=1S/C17H14N2O/c20-17-14-8-4-7-13-9-10-19(16(13)14)15(11-18-17)12-5-2-1-3-6-12/h1-3,5-6,8-11H,4,7H2,(H,18,20). The third-order valence-corrected chi connectivity index (χ3v) is 3.90. The molecule has 0 radical (unpaired) electrons. The van der Waals surface area contributed by atoms with E-state index in [1.54, 1.807) is 6.20 Å². The number of allylic oxidation sites excluding steroid dienone is 1. The number of carbonyl (C=O) groups is 1. The Kier molecular flexibility index (Phi) is 2.39. The lowest BCUT2D eigenvalue weighted by atomic mass is 9.97. The lowest BCUT2D eigenvalue weighted by molar-refractivity contribution is -0.114. The monoisotopic (exact) mass is 262 g/mol. The SMILES string of the molecule is O=C1NC=C(c2ccccc2)n2ccc3c2C1=CCC3. The first-order chi connectivity index (χ1) is 9.84. The smallest absolute Gasteiger partial charge is 0.257 e. The molecule has 4 rings (SSSR count). The van der Waals surface area contributed by atoms with Crippen molar-refractivity contribution < 1.29 is 4.79 Å². The molecule has 3 nitrogen and oxygen atoms in total. The predicted octanol–water partition coefficient (Wildman–Crippen LogP) is 2.79. The van der Waals surface area contributed by atoms with Crippen LogP contribution in [0.25, 0.3) is 11.3 Å². The van der Waals surface area contributed by atoms with E-state index in [1.165, 1.54) is 5.56 Å². The van der Waals surface area contributed by atoms with Gasteiger partial charge in [-0.1, -0.05) is 36.4 Å². The molecule has 0 fully saturated rings. The average molecular weight is 262 g/mol. The molecule has 0 bridgehead atoms. The molecule has 1 aliphatic carbocycles. The van der Waals surface area contributed by atoms with Gasteiger partial charge in [0.2, 0.25) is 0 Å². The first-order valence-corrected chi connectivity index (χ1v) is 6.82. The van der Waals surface area contributed by atoms with Crippen molar-refractivity contribution in [2.75, 3.05) is 0 Å². The zero-order valence-electron chi connectivity index (χ0n) is 11.0. The summed E-state index contributed by atoms with van der Waals surface area (Å²) in [4.78, 5) is 12.2. The maximum atomic E-state index is 12.2. The molecule has 1 aromatic heterocycles. The maximum Gasteiger partial charge on any atom is 0.257 e. The van der Waals surface area contributed by atoms with Crippen LogP contribution in [0.3, 0.4) is 0 Å². The topological polar surface area (TPSA) is 34.0 Å². The zero-order valence-corrected chi connectivity index (χ0v) is 11.0. The van der Waals surface area contributed by atoms with Crippen molar-refractivity contribution in [3.8, 4) is 0 Å². The summed E-state index contributed by atoms with van der Waals surface area (Å²) in [6, 6.07) is 12.3. The van der Waals surface area contributed by atoms with Gasteiger partial charge in [0, 0.05) is 12.4 Å². The minimum atomic E-state index is -0.0168. The van der Waals surface area contributed by atoms with Crippen molar-refractivity contribution in [3.05, 3.63) is 71.7 Å². The first kappa shape index (κ1) is 11.3. The van der Waals surface area contributed by atoms with Gasteiger partial charge >= 0.3 is 0 Å². The molecule has 1 amide bonds. The Labute approximate surface area is 117 Å². The number of aromatic nitrogens is 1. The van der Waals surface area contributed by atoms with Crippen LogP contribution in [0.1, 0.15) is 23.2 Å². The molecule has 2 heterocycles. The second-order valence-corrected chi connectivity index (χ2v) is 5.09. The summed E-state index contributed by atoms with van der Waals surface area (Å²) >= 11 is 0. The highest BCUT2D eigenvalue weighted by Crippen LogP contribution is 2.33. The number of amides is 1. The van der Waals surface area contributed by atoms with E-state index in [1.807, 2.05) is 24.3 Å². The Morgan fingerprint density at radius 3 is 2.80 bits per heavy atom. The summed E-state index contributed by atoms with van der Waals surface area (Å²) in [5.41, 5.74) is 5.18. The van der Waals surface area contributed by atoms with E-state index in [2.05, 4.69) is 34.3 Å². The van der Waals surface area contributed by atoms with Crippen LogP contribution in [0.15, 0.2) is 54.9 Å². The Bertz CT molecular complexity index is 751. The Balaban J connectivity index is 1.96. The fourth-order valence-electron chi connectivity index (χ4n) is 2.96. The molecule has 3 heteroatoms. The summed E-state index contributed by atoms with van der Waals surface area (Å²) in [5.74, 6) is -0.0168. The van der Waals surface area contributed by atoms with Gasteiger partial charge in [-0.2, -0.15) is 0 Å². The van der Waals surface area contributed by atoms with Gasteiger partial charge in [-0.25, -0.2) is 0 Å². The molecule has 0 saturated heterocycles. The predicted molar refractivity (Wildman–Crippen MR) is 78.7 cm³/mol. The van der Waals surface area contributed by atoms with E-state index in [0.29, 0.717) is 0 Å². The molecular formula is C17H14N2O. The number of hydrogen-bond acceptors (Lipinski definition) is 1. The zero-order chi connectivity index (χ0) is 13.5. The van der Waals surface area contributed by atoms with E-state index in [4.69, 9.17) is 0 Å². The maximum absolute atomic E-state index is 12.2. The highest BCUT2D eigenvalue weighted by Gasteiger charge is 2.26. The Morgan fingerprint density at radius 1 is 1.10 bits per heavy atom. The molecule has 0 saturated carbocycles. The van der Waals surface area contributed by atoms with Crippen LogP contribution < -0.4 is 5.32 Å². The van der Waals surface area contributed by atoms with Gasteiger partial charge in [0.05, 0.1) is 17.0 Å². The third-order valence-electron chi connectivity index (χ3n) is 3.90. The fraction of sp³-hybridized carbons (Fsp3) is 0.118. The minimum absolute atomic E-state index is 0.0168. The average Bonchev–Trinajstić information content (AvgIpc) is 2.86. The van der Waals surface area contributed by atoms with Crippen molar-refractivity contribution in [1.29, 1.82) is 0 Å². The van der Waals surface area contributed by atoms with E-state index >= 15 is 0 Å². The van der Waals surface area contributed by atoms with Crippen molar-refractivity contribution >= 4 is 17.2 Å². The number of carbonyl (C=O) groups excluding carboxylic acids is 1. The van der Waals surface area contributed by atoms with E-state index in [9.17, 15) is 4.79 Å². The highest BCUT2D eigenvalue weighted by molar-refractivity contribution is 6.21. The summed E-state index contributed by atoms with van der Waals surface area (Å²) in [7, 11) is 0. The summed E-state index contributed by atoms with van der Waals surface area (Å²) in [6.45, 7) is 0. The molecule has 98 valence electrons. The van der Waals surface area contributed by atoms with Crippen LogP contribution in [0.5, 0.6) is 0 Å². The summed E-state index contributed by atoms with van der Waals surface area (Å²) in [6.07, 6.45) is 7.83. The van der Waals surface area contributed by atoms with Crippen LogP contribution >= 0.6 is 0 Å².